The van der Waals surface area contributed by atoms with Crippen LogP contribution in [-0.2, 0) is 57.1 Å². The first-order chi connectivity index (χ1) is 18.5. The summed E-state index contributed by atoms with van der Waals surface area (Å²) < 4.78 is 42.8. The van der Waals surface area contributed by atoms with Crippen LogP contribution in [0.3, 0.4) is 0 Å². The van der Waals surface area contributed by atoms with Crippen molar-refractivity contribution >= 4 is 23.9 Å². The van der Waals surface area contributed by atoms with E-state index in [4.69, 9.17) is 37.9 Å². The van der Waals surface area contributed by atoms with Gasteiger partial charge in [0.2, 0.25) is 0 Å². The maximum atomic E-state index is 12.7. The van der Waals surface area contributed by atoms with E-state index in [1.807, 2.05) is 0 Å². The molecule has 0 spiro atoms. The number of esters is 4. The summed E-state index contributed by atoms with van der Waals surface area (Å²) in [6.45, 7) is 1.89. The summed E-state index contributed by atoms with van der Waals surface area (Å²) in [6.07, 6.45) is 2.76. The molecule has 210 valence electrons. The van der Waals surface area contributed by atoms with Crippen molar-refractivity contribution < 1.29 is 57.1 Å². The number of unbranched alkanes of at least 4 members (excludes halogenated alkanes) is 1. The molecule has 0 bridgehead atoms. The monoisotopic (exact) mass is 538 g/mol. The SMILES string of the molecule is O=C(OCCCCOC(=O)C1CC2OC2CC1C(=O)OCC1CO1)C1CC2OC2CC1C(=O)OCC1CO1. The highest BCUT2D eigenvalue weighted by atomic mass is 16.6. The van der Waals surface area contributed by atoms with E-state index in [1.165, 1.54) is 0 Å². The zero-order chi connectivity index (χ0) is 26.2. The second-order valence-corrected chi connectivity index (χ2v) is 11.0. The van der Waals surface area contributed by atoms with E-state index in [1.54, 1.807) is 0 Å². The summed E-state index contributed by atoms with van der Waals surface area (Å²) in [5.74, 6) is -4.01. The number of carbonyl (C=O) groups is 4. The first-order valence-corrected chi connectivity index (χ1v) is 13.7. The molecule has 0 amide bonds. The molecular formula is C26H34O12. The maximum absolute atomic E-state index is 12.7. The van der Waals surface area contributed by atoms with E-state index in [2.05, 4.69) is 0 Å². The molecule has 4 saturated heterocycles. The molecule has 6 fully saturated rings. The van der Waals surface area contributed by atoms with Gasteiger partial charge in [-0.3, -0.25) is 19.2 Å². The highest BCUT2D eigenvalue weighted by Gasteiger charge is 2.55. The van der Waals surface area contributed by atoms with Crippen LogP contribution in [0.15, 0.2) is 0 Å². The minimum Gasteiger partial charge on any atom is -0.465 e. The van der Waals surface area contributed by atoms with Gasteiger partial charge in [0.15, 0.2) is 0 Å². The Morgan fingerprint density at radius 1 is 0.526 bits per heavy atom. The molecule has 0 aromatic heterocycles. The molecule has 0 N–H and O–H groups in total. The third-order valence-electron chi connectivity index (χ3n) is 8.16. The average molecular weight is 539 g/mol. The van der Waals surface area contributed by atoms with Crippen molar-refractivity contribution in [2.24, 2.45) is 23.7 Å². The Bertz CT molecular complexity index is 855. The van der Waals surface area contributed by atoms with Gasteiger partial charge in [-0.25, -0.2) is 0 Å². The van der Waals surface area contributed by atoms with Crippen LogP contribution in [0.1, 0.15) is 38.5 Å². The van der Waals surface area contributed by atoms with Gasteiger partial charge >= 0.3 is 23.9 Å². The molecule has 12 nitrogen and oxygen atoms in total. The van der Waals surface area contributed by atoms with Crippen molar-refractivity contribution in [3.63, 3.8) is 0 Å². The van der Waals surface area contributed by atoms with E-state index in [0.717, 1.165) is 0 Å². The molecule has 0 aromatic carbocycles. The molecule has 2 saturated carbocycles. The molecular weight excluding hydrogens is 504 g/mol. The fraction of sp³-hybridized carbons (Fsp3) is 0.846. The van der Waals surface area contributed by atoms with Crippen molar-refractivity contribution in [1.82, 2.24) is 0 Å². The summed E-state index contributed by atoms with van der Waals surface area (Å²) in [5, 5.41) is 0. The summed E-state index contributed by atoms with van der Waals surface area (Å²) in [4.78, 5) is 50.6. The fourth-order valence-corrected chi connectivity index (χ4v) is 5.54. The zero-order valence-corrected chi connectivity index (χ0v) is 21.2. The lowest BCUT2D eigenvalue weighted by atomic mass is 9.79. The van der Waals surface area contributed by atoms with Gasteiger partial charge in [0.05, 0.1) is 74.5 Å². The van der Waals surface area contributed by atoms with Gasteiger partial charge in [-0.15, -0.1) is 0 Å². The third-order valence-corrected chi connectivity index (χ3v) is 8.16. The molecule has 38 heavy (non-hydrogen) atoms. The predicted molar refractivity (Wildman–Crippen MR) is 122 cm³/mol. The molecule has 6 rings (SSSR count). The Balaban J connectivity index is 0.895. The predicted octanol–water partition coefficient (Wildman–Crippen LogP) is 0.324. The van der Waals surface area contributed by atoms with Crippen LogP contribution in [0.5, 0.6) is 0 Å². The van der Waals surface area contributed by atoms with Crippen LogP contribution >= 0.6 is 0 Å². The normalized spacial score (nSPS) is 39.6. The molecule has 0 radical (unpaired) electrons. The van der Waals surface area contributed by atoms with Gasteiger partial charge in [0.1, 0.15) is 25.4 Å². The van der Waals surface area contributed by atoms with E-state index in [-0.39, 0.29) is 63.1 Å². The van der Waals surface area contributed by atoms with Crippen molar-refractivity contribution in [2.75, 3.05) is 39.6 Å². The third kappa shape index (κ3) is 6.47. The second-order valence-electron chi connectivity index (χ2n) is 11.0. The van der Waals surface area contributed by atoms with Crippen molar-refractivity contribution in [1.29, 1.82) is 0 Å². The van der Waals surface area contributed by atoms with Gasteiger partial charge in [-0.05, 0) is 38.5 Å². The first kappa shape index (κ1) is 26.0. The molecule has 4 heterocycles. The van der Waals surface area contributed by atoms with Crippen molar-refractivity contribution in [3.8, 4) is 0 Å². The number of ether oxygens (including phenoxy) is 8. The van der Waals surface area contributed by atoms with Gasteiger partial charge in [0.25, 0.3) is 0 Å². The molecule has 2 aliphatic carbocycles. The van der Waals surface area contributed by atoms with Crippen LogP contribution in [-0.4, -0.2) is 100 Å². The van der Waals surface area contributed by atoms with Crippen LogP contribution in [0.25, 0.3) is 0 Å². The Hall–Kier alpha value is -2.28. The van der Waals surface area contributed by atoms with E-state index < -0.39 is 47.5 Å². The van der Waals surface area contributed by atoms with E-state index >= 15 is 0 Å². The summed E-state index contributed by atoms with van der Waals surface area (Å²) in [7, 11) is 0. The van der Waals surface area contributed by atoms with E-state index in [9.17, 15) is 19.2 Å². The quantitative estimate of drug-likeness (QED) is 0.137. The number of hydrogen-bond donors (Lipinski definition) is 0. The maximum Gasteiger partial charge on any atom is 0.310 e. The van der Waals surface area contributed by atoms with Crippen molar-refractivity contribution in [3.05, 3.63) is 0 Å². The van der Waals surface area contributed by atoms with Gasteiger partial charge < -0.3 is 37.9 Å². The average Bonchev–Trinajstić information content (AvgIpc) is 3.75. The Labute approximate surface area is 219 Å². The smallest absolute Gasteiger partial charge is 0.310 e. The van der Waals surface area contributed by atoms with Gasteiger partial charge in [0, 0.05) is 0 Å². The lowest BCUT2D eigenvalue weighted by Gasteiger charge is -2.26. The highest BCUT2D eigenvalue weighted by molar-refractivity contribution is 5.83. The highest BCUT2D eigenvalue weighted by Crippen LogP contribution is 2.45. The summed E-state index contributed by atoms with van der Waals surface area (Å²) in [6, 6.07) is 0. The number of carbonyl (C=O) groups excluding carboxylic acids is 4. The molecule has 12 heteroatoms. The van der Waals surface area contributed by atoms with Crippen LogP contribution < -0.4 is 0 Å². The van der Waals surface area contributed by atoms with Crippen LogP contribution in [0.4, 0.5) is 0 Å². The largest absolute Gasteiger partial charge is 0.465 e. The number of rotatable bonds is 13. The summed E-state index contributed by atoms with van der Waals surface area (Å²) >= 11 is 0. The minimum absolute atomic E-state index is 0.00188. The standard InChI is InChI=1S/C26H34O12/c27-23(15-5-19-21(37-19)7-17(15)25(29)35-11-13-9-33-13)31-3-1-2-4-32-24(28)16-6-20-22(38-20)8-18(16)26(30)36-12-14-10-34-14/h13-22H,1-12H2. The first-order valence-electron chi connectivity index (χ1n) is 13.7. The topological polar surface area (TPSA) is 155 Å². The van der Waals surface area contributed by atoms with Gasteiger partial charge in [-0.1, -0.05) is 0 Å². The van der Waals surface area contributed by atoms with Gasteiger partial charge in [-0.2, -0.15) is 0 Å². The van der Waals surface area contributed by atoms with E-state index in [0.29, 0.717) is 51.7 Å². The van der Waals surface area contributed by atoms with Crippen molar-refractivity contribution in [2.45, 2.75) is 75.1 Å². The second kappa shape index (κ2) is 11.1. The lowest BCUT2D eigenvalue weighted by molar-refractivity contribution is -0.163. The number of epoxide rings is 4. The van der Waals surface area contributed by atoms with Crippen LogP contribution in [0, 0.1) is 23.7 Å². The Morgan fingerprint density at radius 3 is 1.16 bits per heavy atom. The molecule has 0 aromatic rings. The molecule has 4 aliphatic heterocycles. The lowest BCUT2D eigenvalue weighted by Crippen LogP contribution is -2.38. The fourth-order valence-electron chi connectivity index (χ4n) is 5.54. The zero-order valence-electron chi connectivity index (χ0n) is 21.2. The number of hydrogen-bond acceptors (Lipinski definition) is 12. The minimum atomic E-state index is -0.591. The Morgan fingerprint density at radius 2 is 0.842 bits per heavy atom. The molecule has 10 atom stereocenters. The molecule has 10 unspecified atom stereocenters. The number of fused-ring (bicyclic) bond motifs is 2. The summed E-state index contributed by atoms with van der Waals surface area (Å²) in [5.41, 5.74) is 0. The Kier molecular flexibility index (Phi) is 7.56. The molecule has 6 aliphatic rings. The van der Waals surface area contributed by atoms with Crippen LogP contribution in [0.2, 0.25) is 0 Å².